The van der Waals surface area contributed by atoms with E-state index in [1.807, 2.05) is 6.08 Å². The standard InChI is InChI=1S/C21H27NO4/c1-12(2)19-18(20(24)25-3)16(13-4-8-26-9-5-13)17-14(22-19)10-21(6-7-21)11-15(17)23/h4,12,15,23H,5-11H2,1-3H3/t15-/m1/s1. The summed E-state index contributed by atoms with van der Waals surface area (Å²) in [7, 11) is 1.41. The van der Waals surface area contributed by atoms with E-state index in [0.29, 0.717) is 18.8 Å². The number of rotatable bonds is 3. The fourth-order valence-electron chi connectivity index (χ4n) is 4.47. The Bertz CT molecular complexity index is 777. The molecule has 1 N–H and O–H groups in total. The first-order chi connectivity index (χ1) is 12.5. The number of aliphatic hydroxyl groups is 1. The molecule has 0 radical (unpaired) electrons. The third-order valence-electron chi connectivity index (χ3n) is 6.02. The van der Waals surface area contributed by atoms with Crippen LogP contribution in [0.2, 0.25) is 0 Å². The average molecular weight is 357 g/mol. The zero-order valence-electron chi connectivity index (χ0n) is 15.8. The second kappa shape index (κ2) is 6.46. The van der Waals surface area contributed by atoms with Gasteiger partial charge < -0.3 is 14.6 Å². The molecule has 1 aromatic heterocycles. The van der Waals surface area contributed by atoms with Crippen LogP contribution < -0.4 is 0 Å². The van der Waals surface area contributed by atoms with Crippen molar-refractivity contribution >= 4 is 11.5 Å². The second-order valence-electron chi connectivity index (χ2n) is 8.20. The summed E-state index contributed by atoms with van der Waals surface area (Å²) in [5, 5.41) is 11.0. The number of carbonyl (C=O) groups is 1. The highest BCUT2D eigenvalue weighted by Crippen LogP contribution is 2.58. The molecule has 4 rings (SSSR count). The number of methoxy groups -OCH3 is 1. The van der Waals surface area contributed by atoms with Crippen LogP contribution in [0.25, 0.3) is 5.57 Å². The van der Waals surface area contributed by atoms with E-state index in [0.717, 1.165) is 60.2 Å². The Morgan fingerprint density at radius 1 is 1.42 bits per heavy atom. The Balaban J connectivity index is 1.99. The van der Waals surface area contributed by atoms with Crippen molar-refractivity contribution in [1.29, 1.82) is 0 Å². The quantitative estimate of drug-likeness (QED) is 0.838. The van der Waals surface area contributed by atoms with Gasteiger partial charge in [0.15, 0.2) is 0 Å². The monoisotopic (exact) mass is 357 g/mol. The summed E-state index contributed by atoms with van der Waals surface area (Å²) in [5.74, 6) is -0.270. The maximum Gasteiger partial charge on any atom is 0.340 e. The number of aliphatic hydroxyl groups excluding tert-OH is 1. The van der Waals surface area contributed by atoms with Gasteiger partial charge in [0.1, 0.15) is 0 Å². The molecule has 0 bridgehead atoms. The van der Waals surface area contributed by atoms with Crippen molar-refractivity contribution in [2.24, 2.45) is 5.41 Å². The van der Waals surface area contributed by atoms with Gasteiger partial charge in [-0.2, -0.15) is 0 Å². The number of ether oxygens (including phenoxy) is 2. The number of fused-ring (bicyclic) bond motifs is 1. The first-order valence-corrected chi connectivity index (χ1v) is 9.56. The summed E-state index contributed by atoms with van der Waals surface area (Å²) >= 11 is 0. The van der Waals surface area contributed by atoms with Gasteiger partial charge in [0.25, 0.3) is 0 Å². The molecule has 3 aliphatic rings. The predicted molar refractivity (Wildman–Crippen MR) is 98.0 cm³/mol. The molecule has 5 heteroatoms. The van der Waals surface area contributed by atoms with Crippen LogP contribution in [0.1, 0.15) is 84.4 Å². The lowest BCUT2D eigenvalue weighted by atomic mass is 9.76. The maximum atomic E-state index is 12.7. The SMILES string of the molecule is COC(=O)c1c(C(C)C)nc2c(c1C1=CCOCC1)[C@H](O)CC1(CC1)C2. The molecule has 1 aliphatic heterocycles. The Kier molecular flexibility index (Phi) is 4.40. The fourth-order valence-corrected chi connectivity index (χ4v) is 4.47. The van der Waals surface area contributed by atoms with Crippen LogP contribution in [0.4, 0.5) is 0 Å². The lowest BCUT2D eigenvalue weighted by Gasteiger charge is -2.33. The van der Waals surface area contributed by atoms with E-state index in [1.54, 1.807) is 0 Å². The zero-order valence-corrected chi connectivity index (χ0v) is 15.8. The molecule has 0 aromatic carbocycles. The van der Waals surface area contributed by atoms with Gasteiger partial charge in [-0.15, -0.1) is 0 Å². The van der Waals surface area contributed by atoms with Crippen LogP contribution in [0.3, 0.4) is 0 Å². The van der Waals surface area contributed by atoms with Gasteiger partial charge in [0.05, 0.1) is 37.7 Å². The largest absolute Gasteiger partial charge is 0.465 e. The van der Waals surface area contributed by atoms with Gasteiger partial charge >= 0.3 is 5.97 Å². The molecule has 140 valence electrons. The normalized spacial score (nSPS) is 23.6. The molecular formula is C21H27NO4. The van der Waals surface area contributed by atoms with Crippen LogP contribution in [0.5, 0.6) is 0 Å². The summed E-state index contributed by atoms with van der Waals surface area (Å²) in [4.78, 5) is 17.6. The summed E-state index contributed by atoms with van der Waals surface area (Å²) in [5.41, 5.74) is 5.28. The predicted octanol–water partition coefficient (Wildman–Crippen LogP) is 3.56. The maximum absolute atomic E-state index is 12.7. The van der Waals surface area contributed by atoms with Crippen LogP contribution >= 0.6 is 0 Å². The molecule has 1 spiro atoms. The molecular weight excluding hydrogens is 330 g/mol. The van der Waals surface area contributed by atoms with E-state index >= 15 is 0 Å². The molecule has 26 heavy (non-hydrogen) atoms. The molecule has 1 saturated carbocycles. The van der Waals surface area contributed by atoms with E-state index in [2.05, 4.69) is 13.8 Å². The van der Waals surface area contributed by atoms with E-state index in [1.165, 1.54) is 7.11 Å². The summed E-state index contributed by atoms with van der Waals surface area (Å²) in [6, 6.07) is 0. The second-order valence-corrected chi connectivity index (χ2v) is 8.20. The van der Waals surface area contributed by atoms with Gasteiger partial charge in [-0.3, -0.25) is 4.98 Å². The Hall–Kier alpha value is -1.72. The zero-order chi connectivity index (χ0) is 18.5. The highest BCUT2D eigenvalue weighted by Gasteiger charge is 2.49. The van der Waals surface area contributed by atoms with Gasteiger partial charge in [-0.1, -0.05) is 19.9 Å². The first-order valence-electron chi connectivity index (χ1n) is 9.56. The van der Waals surface area contributed by atoms with Crippen molar-refractivity contribution in [3.63, 3.8) is 0 Å². The molecule has 1 fully saturated rings. The van der Waals surface area contributed by atoms with Crippen molar-refractivity contribution in [1.82, 2.24) is 4.98 Å². The minimum absolute atomic E-state index is 0.0998. The highest BCUT2D eigenvalue weighted by atomic mass is 16.5. The third-order valence-corrected chi connectivity index (χ3v) is 6.02. The van der Waals surface area contributed by atoms with E-state index in [4.69, 9.17) is 14.5 Å². The number of esters is 1. The van der Waals surface area contributed by atoms with Gasteiger partial charge in [0, 0.05) is 16.8 Å². The smallest absolute Gasteiger partial charge is 0.340 e. The van der Waals surface area contributed by atoms with Gasteiger partial charge in [0.2, 0.25) is 0 Å². The topological polar surface area (TPSA) is 68.7 Å². The first kappa shape index (κ1) is 17.7. The van der Waals surface area contributed by atoms with E-state index in [-0.39, 0.29) is 17.3 Å². The molecule has 2 aliphatic carbocycles. The van der Waals surface area contributed by atoms with E-state index in [9.17, 15) is 9.90 Å². The third kappa shape index (κ3) is 2.87. The number of hydrogen-bond acceptors (Lipinski definition) is 5. The lowest BCUT2D eigenvalue weighted by Crippen LogP contribution is -2.27. The molecule has 1 aromatic rings. The molecule has 0 saturated heterocycles. The minimum atomic E-state index is -0.572. The van der Waals surface area contributed by atoms with Crippen molar-refractivity contribution in [2.75, 3.05) is 20.3 Å². The number of pyridine rings is 1. The molecule has 2 heterocycles. The van der Waals surface area contributed by atoms with Crippen LogP contribution in [-0.2, 0) is 15.9 Å². The summed E-state index contributed by atoms with van der Waals surface area (Å²) in [6.07, 6.45) is 6.17. The van der Waals surface area contributed by atoms with Gasteiger partial charge in [-0.25, -0.2) is 4.79 Å². The Labute approximate surface area is 154 Å². The van der Waals surface area contributed by atoms with E-state index < -0.39 is 6.10 Å². The highest BCUT2D eigenvalue weighted by molar-refractivity contribution is 5.98. The van der Waals surface area contributed by atoms with Crippen LogP contribution in [0.15, 0.2) is 6.08 Å². The van der Waals surface area contributed by atoms with Crippen LogP contribution in [-0.4, -0.2) is 36.4 Å². The van der Waals surface area contributed by atoms with Gasteiger partial charge in [-0.05, 0) is 49.0 Å². The van der Waals surface area contributed by atoms with Crippen molar-refractivity contribution in [3.8, 4) is 0 Å². The average Bonchev–Trinajstić information content (AvgIpc) is 3.38. The molecule has 1 atom stereocenters. The minimum Gasteiger partial charge on any atom is -0.465 e. The molecule has 5 nitrogen and oxygen atoms in total. The number of aromatic nitrogens is 1. The summed E-state index contributed by atoms with van der Waals surface area (Å²) < 4.78 is 10.6. The summed E-state index contributed by atoms with van der Waals surface area (Å²) in [6.45, 7) is 5.26. The number of carbonyl (C=O) groups excluding carboxylic acids is 1. The number of nitrogens with zero attached hydrogens (tertiary/aromatic N) is 1. The Morgan fingerprint density at radius 3 is 2.77 bits per heavy atom. The van der Waals surface area contributed by atoms with Crippen molar-refractivity contribution < 1.29 is 19.4 Å². The fraction of sp³-hybridized carbons (Fsp3) is 0.619. The number of hydrogen-bond donors (Lipinski definition) is 1. The van der Waals surface area contributed by atoms with Crippen molar-refractivity contribution in [2.45, 2.75) is 58.0 Å². The Morgan fingerprint density at radius 2 is 2.19 bits per heavy atom. The molecule has 0 unspecified atom stereocenters. The lowest BCUT2D eigenvalue weighted by molar-refractivity contribution is 0.0596. The molecule has 0 amide bonds. The van der Waals surface area contributed by atoms with Crippen molar-refractivity contribution in [3.05, 3.63) is 34.2 Å². The van der Waals surface area contributed by atoms with Crippen LogP contribution in [0, 0.1) is 5.41 Å².